The van der Waals surface area contributed by atoms with Gasteiger partial charge >= 0.3 is 0 Å². The summed E-state index contributed by atoms with van der Waals surface area (Å²) in [6.07, 6.45) is 4.49. The maximum atomic E-state index is 13.6. The summed E-state index contributed by atoms with van der Waals surface area (Å²) in [5.41, 5.74) is 3.22. The fraction of sp³-hybridized carbons (Fsp3) is 0.158. The molecular weight excluding hydrogens is 411 g/mol. The quantitative estimate of drug-likeness (QED) is 0.484. The third kappa shape index (κ3) is 3.28. The highest BCUT2D eigenvalue weighted by Gasteiger charge is 2.19. The molecule has 0 saturated carbocycles. The van der Waals surface area contributed by atoms with Gasteiger partial charge in [-0.3, -0.25) is 9.67 Å². The van der Waals surface area contributed by atoms with Crippen molar-refractivity contribution in [3.05, 3.63) is 64.9 Å². The first-order valence-corrected chi connectivity index (χ1v) is 9.23. The van der Waals surface area contributed by atoms with Gasteiger partial charge in [-0.2, -0.15) is 5.10 Å². The number of halogens is 2. The molecule has 4 rings (SSSR count). The summed E-state index contributed by atoms with van der Waals surface area (Å²) in [6, 6.07) is 9.13. The Morgan fingerprint density at radius 2 is 2.00 bits per heavy atom. The minimum atomic E-state index is -0.428. The van der Waals surface area contributed by atoms with Crippen molar-refractivity contribution in [2.24, 2.45) is 0 Å². The number of nitrogens with zero attached hydrogens (tertiary/aromatic N) is 6. The first kappa shape index (κ1) is 17.5. The SMILES string of the molecule is CCn1ncc(-c2nc(-c3cncc(F)c3)nn2-c2cccc(Br)c2)c1C. The molecule has 0 aliphatic rings. The van der Waals surface area contributed by atoms with E-state index >= 15 is 0 Å². The first-order valence-electron chi connectivity index (χ1n) is 8.43. The second-order valence-corrected chi connectivity index (χ2v) is 6.92. The minimum absolute atomic E-state index is 0.403. The van der Waals surface area contributed by atoms with E-state index in [0.29, 0.717) is 17.2 Å². The van der Waals surface area contributed by atoms with Crippen LogP contribution in [0, 0.1) is 12.7 Å². The van der Waals surface area contributed by atoms with Crippen LogP contribution >= 0.6 is 15.9 Å². The normalized spacial score (nSPS) is 11.1. The number of aromatic nitrogens is 6. The fourth-order valence-electron chi connectivity index (χ4n) is 2.92. The summed E-state index contributed by atoms with van der Waals surface area (Å²) in [4.78, 5) is 8.59. The van der Waals surface area contributed by atoms with Crippen molar-refractivity contribution in [1.29, 1.82) is 0 Å². The molecule has 6 nitrogen and oxygen atoms in total. The molecule has 0 radical (unpaired) electrons. The van der Waals surface area contributed by atoms with E-state index in [9.17, 15) is 4.39 Å². The van der Waals surface area contributed by atoms with E-state index in [0.717, 1.165) is 34.2 Å². The lowest BCUT2D eigenvalue weighted by molar-refractivity contribution is 0.622. The van der Waals surface area contributed by atoms with Crippen LogP contribution in [0.25, 0.3) is 28.5 Å². The lowest BCUT2D eigenvalue weighted by atomic mass is 10.2. The molecule has 3 aromatic heterocycles. The standard InChI is InChI=1S/C19H16BrFN6/c1-3-26-12(2)17(11-23-26)19-24-18(13-7-15(21)10-22-9-13)25-27(19)16-6-4-5-14(20)8-16/h4-11H,3H2,1-2H3. The highest BCUT2D eigenvalue weighted by molar-refractivity contribution is 9.10. The Bertz CT molecular complexity index is 1120. The summed E-state index contributed by atoms with van der Waals surface area (Å²) in [5.74, 6) is 0.619. The number of aryl methyl sites for hydroxylation is 1. The van der Waals surface area contributed by atoms with E-state index in [4.69, 9.17) is 0 Å². The van der Waals surface area contributed by atoms with Gasteiger partial charge < -0.3 is 0 Å². The molecule has 8 heteroatoms. The number of hydrogen-bond donors (Lipinski definition) is 0. The molecule has 0 fully saturated rings. The van der Waals surface area contributed by atoms with Gasteiger partial charge in [0.15, 0.2) is 11.6 Å². The highest BCUT2D eigenvalue weighted by atomic mass is 79.9. The van der Waals surface area contributed by atoms with Gasteiger partial charge in [-0.05, 0) is 38.1 Å². The Morgan fingerprint density at radius 1 is 1.15 bits per heavy atom. The molecule has 4 aromatic rings. The van der Waals surface area contributed by atoms with Crippen molar-refractivity contribution in [2.75, 3.05) is 0 Å². The van der Waals surface area contributed by atoms with Gasteiger partial charge in [-0.25, -0.2) is 14.1 Å². The zero-order chi connectivity index (χ0) is 19.0. The molecule has 0 aliphatic carbocycles. The summed E-state index contributed by atoms with van der Waals surface area (Å²) in [7, 11) is 0. The van der Waals surface area contributed by atoms with Gasteiger partial charge in [0.05, 0.1) is 23.6 Å². The van der Waals surface area contributed by atoms with Crippen LogP contribution in [0.15, 0.2) is 53.4 Å². The largest absolute Gasteiger partial charge is 0.269 e. The summed E-state index contributed by atoms with van der Waals surface area (Å²) in [5, 5.41) is 9.04. The predicted molar refractivity (Wildman–Crippen MR) is 104 cm³/mol. The van der Waals surface area contributed by atoms with Gasteiger partial charge in [0.2, 0.25) is 0 Å². The van der Waals surface area contributed by atoms with Crippen LogP contribution in [0.5, 0.6) is 0 Å². The van der Waals surface area contributed by atoms with Crippen LogP contribution in [0.2, 0.25) is 0 Å². The van der Waals surface area contributed by atoms with Crippen LogP contribution in [0.4, 0.5) is 4.39 Å². The fourth-order valence-corrected chi connectivity index (χ4v) is 3.30. The van der Waals surface area contributed by atoms with Crippen LogP contribution in [0.3, 0.4) is 0 Å². The van der Waals surface area contributed by atoms with E-state index in [2.05, 4.69) is 36.1 Å². The molecule has 0 N–H and O–H groups in total. The number of hydrogen-bond acceptors (Lipinski definition) is 4. The maximum Gasteiger partial charge on any atom is 0.183 e. The molecule has 27 heavy (non-hydrogen) atoms. The Labute approximate surface area is 163 Å². The maximum absolute atomic E-state index is 13.6. The van der Waals surface area contributed by atoms with Crippen LogP contribution < -0.4 is 0 Å². The smallest absolute Gasteiger partial charge is 0.183 e. The zero-order valence-corrected chi connectivity index (χ0v) is 16.4. The molecule has 0 bridgehead atoms. The molecule has 0 spiro atoms. The van der Waals surface area contributed by atoms with E-state index in [1.165, 1.54) is 6.07 Å². The van der Waals surface area contributed by atoms with Crippen LogP contribution in [-0.4, -0.2) is 29.5 Å². The lowest BCUT2D eigenvalue weighted by Gasteiger charge is -2.06. The van der Waals surface area contributed by atoms with Gasteiger partial charge in [0.25, 0.3) is 0 Å². The Balaban J connectivity index is 1.94. The lowest BCUT2D eigenvalue weighted by Crippen LogP contribution is -2.02. The highest BCUT2D eigenvalue weighted by Crippen LogP contribution is 2.28. The van der Waals surface area contributed by atoms with Gasteiger partial charge in [0.1, 0.15) is 5.82 Å². The molecule has 1 aromatic carbocycles. The van der Waals surface area contributed by atoms with Gasteiger partial charge in [0, 0.05) is 28.5 Å². The Kier molecular flexibility index (Phi) is 4.57. The monoisotopic (exact) mass is 426 g/mol. The molecule has 0 saturated heterocycles. The average molecular weight is 427 g/mol. The van der Waals surface area contributed by atoms with Gasteiger partial charge in [-0.1, -0.05) is 22.0 Å². The third-order valence-corrected chi connectivity index (χ3v) is 4.76. The number of rotatable bonds is 4. The number of pyridine rings is 1. The third-order valence-electron chi connectivity index (χ3n) is 4.27. The molecule has 136 valence electrons. The molecule has 0 atom stereocenters. The number of benzene rings is 1. The van der Waals surface area contributed by atoms with Crippen molar-refractivity contribution in [1.82, 2.24) is 29.5 Å². The molecule has 0 amide bonds. The minimum Gasteiger partial charge on any atom is -0.269 e. The van der Waals surface area contributed by atoms with Crippen LogP contribution in [0.1, 0.15) is 12.6 Å². The molecule has 0 unspecified atom stereocenters. The second-order valence-electron chi connectivity index (χ2n) is 6.00. The van der Waals surface area contributed by atoms with Gasteiger partial charge in [-0.15, -0.1) is 5.10 Å². The molecular formula is C19H16BrFN6. The second kappa shape index (κ2) is 7.03. The summed E-state index contributed by atoms with van der Waals surface area (Å²) < 4.78 is 18.2. The van der Waals surface area contributed by atoms with E-state index < -0.39 is 5.82 Å². The van der Waals surface area contributed by atoms with Crippen molar-refractivity contribution in [3.63, 3.8) is 0 Å². The molecule has 3 heterocycles. The zero-order valence-electron chi connectivity index (χ0n) is 14.8. The first-order chi connectivity index (χ1) is 13.1. The topological polar surface area (TPSA) is 61.4 Å². The van der Waals surface area contributed by atoms with E-state index in [-0.39, 0.29) is 0 Å². The summed E-state index contributed by atoms with van der Waals surface area (Å²) in [6.45, 7) is 4.79. The van der Waals surface area contributed by atoms with Crippen molar-refractivity contribution in [2.45, 2.75) is 20.4 Å². The summed E-state index contributed by atoms with van der Waals surface area (Å²) >= 11 is 3.49. The van der Waals surface area contributed by atoms with E-state index in [1.807, 2.05) is 42.8 Å². The van der Waals surface area contributed by atoms with Crippen molar-refractivity contribution < 1.29 is 4.39 Å². The Hall–Kier alpha value is -2.87. The predicted octanol–water partition coefficient (Wildman–Crippen LogP) is 4.42. The molecule has 0 aliphatic heterocycles. The van der Waals surface area contributed by atoms with Crippen molar-refractivity contribution in [3.8, 4) is 28.5 Å². The Morgan fingerprint density at radius 3 is 2.70 bits per heavy atom. The van der Waals surface area contributed by atoms with Crippen molar-refractivity contribution >= 4 is 15.9 Å². The van der Waals surface area contributed by atoms with E-state index in [1.54, 1.807) is 17.1 Å². The average Bonchev–Trinajstić information content (AvgIpc) is 3.25. The van der Waals surface area contributed by atoms with Crippen LogP contribution in [-0.2, 0) is 6.54 Å².